The van der Waals surface area contributed by atoms with Crippen LogP contribution >= 0.6 is 0 Å². The second kappa shape index (κ2) is 7.01. The summed E-state index contributed by atoms with van der Waals surface area (Å²) in [4.78, 5) is 13.5. The van der Waals surface area contributed by atoms with Gasteiger partial charge in [-0.25, -0.2) is 4.79 Å². The van der Waals surface area contributed by atoms with Crippen LogP contribution in [0.25, 0.3) is 0 Å². The Morgan fingerprint density at radius 1 is 1.33 bits per heavy atom. The third-order valence-electron chi connectivity index (χ3n) is 3.00. The number of hydrogen-bond donors (Lipinski definition) is 2. The van der Waals surface area contributed by atoms with Gasteiger partial charge in [-0.15, -0.1) is 0 Å². The van der Waals surface area contributed by atoms with Gasteiger partial charge < -0.3 is 15.5 Å². The van der Waals surface area contributed by atoms with Gasteiger partial charge in [0, 0.05) is 25.3 Å². The van der Waals surface area contributed by atoms with Crippen LogP contribution in [0.5, 0.6) is 0 Å². The monoisotopic (exact) mass is 249 g/mol. The topological polar surface area (TPSA) is 44.4 Å². The van der Waals surface area contributed by atoms with Crippen LogP contribution in [0, 0.1) is 0 Å². The van der Waals surface area contributed by atoms with Gasteiger partial charge in [0.2, 0.25) is 0 Å². The minimum Gasteiger partial charge on any atom is -0.328 e. The molecule has 0 heterocycles. The fraction of sp³-hybridized carbons (Fsp3) is 0.500. The number of urea groups is 1. The van der Waals surface area contributed by atoms with Crippen LogP contribution in [-0.4, -0.2) is 31.6 Å². The normalized spacial score (nSPS) is 12.0. The zero-order valence-electron chi connectivity index (χ0n) is 11.7. The first-order chi connectivity index (χ1) is 8.58. The number of nitrogens with zero attached hydrogens (tertiary/aromatic N) is 1. The zero-order chi connectivity index (χ0) is 13.5. The van der Waals surface area contributed by atoms with E-state index in [9.17, 15) is 4.79 Å². The second-order valence-electron chi connectivity index (χ2n) is 4.48. The molecule has 0 aliphatic rings. The van der Waals surface area contributed by atoms with Crippen molar-refractivity contribution < 1.29 is 4.79 Å². The third-order valence-corrected chi connectivity index (χ3v) is 3.00. The summed E-state index contributed by atoms with van der Waals surface area (Å²) < 4.78 is 0. The van der Waals surface area contributed by atoms with E-state index in [2.05, 4.69) is 24.5 Å². The first-order valence-corrected chi connectivity index (χ1v) is 6.37. The lowest BCUT2D eigenvalue weighted by Gasteiger charge is -2.17. The van der Waals surface area contributed by atoms with E-state index in [0.717, 1.165) is 18.7 Å². The number of hydrogen-bond acceptors (Lipinski definition) is 2. The van der Waals surface area contributed by atoms with Crippen molar-refractivity contribution in [1.29, 1.82) is 0 Å². The molecule has 100 valence electrons. The average Bonchev–Trinajstić information content (AvgIpc) is 2.39. The van der Waals surface area contributed by atoms with Crippen LogP contribution in [0.3, 0.4) is 0 Å². The molecule has 1 rings (SSSR count). The van der Waals surface area contributed by atoms with Gasteiger partial charge >= 0.3 is 6.03 Å². The van der Waals surface area contributed by atoms with E-state index >= 15 is 0 Å². The molecule has 18 heavy (non-hydrogen) atoms. The lowest BCUT2D eigenvalue weighted by atomic mass is 10.1. The molecule has 0 aliphatic heterocycles. The summed E-state index contributed by atoms with van der Waals surface area (Å²) in [5.41, 5.74) is 2.03. The Hall–Kier alpha value is -1.55. The number of amides is 2. The van der Waals surface area contributed by atoms with Crippen LogP contribution < -0.4 is 10.6 Å². The Morgan fingerprint density at radius 3 is 2.44 bits per heavy atom. The lowest BCUT2D eigenvalue weighted by molar-refractivity contribution is 0.222. The van der Waals surface area contributed by atoms with Crippen molar-refractivity contribution in [2.24, 2.45) is 0 Å². The molecular weight excluding hydrogens is 226 g/mol. The highest BCUT2D eigenvalue weighted by atomic mass is 16.2. The van der Waals surface area contributed by atoms with Gasteiger partial charge in [-0.05, 0) is 38.1 Å². The lowest BCUT2D eigenvalue weighted by Crippen LogP contribution is -2.31. The molecule has 2 N–H and O–H groups in total. The highest BCUT2D eigenvalue weighted by Gasteiger charge is 2.08. The molecule has 1 aromatic carbocycles. The largest absolute Gasteiger partial charge is 0.328 e. The molecule has 1 atom stereocenters. The molecular formula is C14H23N3O. The number of benzene rings is 1. The molecule has 0 saturated heterocycles. The number of anilines is 1. The van der Waals surface area contributed by atoms with Crippen LogP contribution in [0.4, 0.5) is 10.5 Å². The Morgan fingerprint density at radius 2 is 1.94 bits per heavy atom. The summed E-state index contributed by atoms with van der Waals surface area (Å²) in [6.07, 6.45) is 0.961. The summed E-state index contributed by atoms with van der Waals surface area (Å²) in [7, 11) is 3.73. The molecule has 0 aromatic heterocycles. The molecule has 1 aromatic rings. The Bertz CT molecular complexity index is 375. The third kappa shape index (κ3) is 4.04. The highest BCUT2D eigenvalue weighted by Crippen LogP contribution is 2.15. The van der Waals surface area contributed by atoms with Crippen molar-refractivity contribution in [3.05, 3.63) is 29.8 Å². The molecule has 4 nitrogen and oxygen atoms in total. The SMILES string of the molecule is CCCN(C)C(=O)Nc1ccc(C(C)NC)cc1. The summed E-state index contributed by atoms with van der Waals surface area (Å²) >= 11 is 0. The zero-order valence-corrected chi connectivity index (χ0v) is 11.7. The number of nitrogens with one attached hydrogen (secondary N) is 2. The minimum atomic E-state index is -0.0636. The maximum Gasteiger partial charge on any atom is 0.321 e. The van der Waals surface area contributed by atoms with Gasteiger partial charge in [0.1, 0.15) is 0 Å². The molecule has 0 spiro atoms. The van der Waals surface area contributed by atoms with Gasteiger partial charge in [0.05, 0.1) is 0 Å². The van der Waals surface area contributed by atoms with Crippen molar-refractivity contribution in [3.8, 4) is 0 Å². The first kappa shape index (κ1) is 14.5. The van der Waals surface area contributed by atoms with Crippen molar-refractivity contribution >= 4 is 11.7 Å². The fourth-order valence-electron chi connectivity index (χ4n) is 1.68. The van der Waals surface area contributed by atoms with Crippen molar-refractivity contribution in [2.45, 2.75) is 26.3 Å². The summed E-state index contributed by atoms with van der Waals surface area (Å²) in [6, 6.07) is 8.17. The van der Waals surface area contributed by atoms with E-state index in [1.807, 2.05) is 31.3 Å². The Labute approximate surface area is 109 Å². The van der Waals surface area contributed by atoms with Crippen LogP contribution in [0.2, 0.25) is 0 Å². The molecule has 0 radical (unpaired) electrons. The Kier molecular flexibility index (Phi) is 5.65. The van der Waals surface area contributed by atoms with E-state index < -0.39 is 0 Å². The van der Waals surface area contributed by atoms with Crippen molar-refractivity contribution in [3.63, 3.8) is 0 Å². The first-order valence-electron chi connectivity index (χ1n) is 6.37. The van der Waals surface area contributed by atoms with E-state index in [1.165, 1.54) is 5.56 Å². The van der Waals surface area contributed by atoms with Crippen molar-refractivity contribution in [2.75, 3.05) is 26.0 Å². The molecule has 0 bridgehead atoms. The standard InChI is InChI=1S/C14H23N3O/c1-5-10-17(4)14(18)16-13-8-6-12(7-9-13)11(2)15-3/h6-9,11,15H,5,10H2,1-4H3,(H,16,18). The van der Waals surface area contributed by atoms with Crippen molar-refractivity contribution in [1.82, 2.24) is 10.2 Å². The minimum absolute atomic E-state index is 0.0636. The molecule has 1 unspecified atom stereocenters. The number of carbonyl (C=O) groups is 1. The van der Waals surface area contributed by atoms with Gasteiger partial charge in [-0.2, -0.15) is 0 Å². The number of carbonyl (C=O) groups excluding carboxylic acids is 1. The molecule has 0 saturated carbocycles. The summed E-state index contributed by atoms with van der Waals surface area (Å²) in [5, 5.41) is 6.06. The summed E-state index contributed by atoms with van der Waals surface area (Å²) in [6.45, 7) is 4.92. The van der Waals surface area contributed by atoms with Crippen LogP contribution in [0.15, 0.2) is 24.3 Å². The van der Waals surface area contributed by atoms with E-state index in [-0.39, 0.29) is 6.03 Å². The smallest absolute Gasteiger partial charge is 0.321 e. The van der Waals surface area contributed by atoms with Gasteiger partial charge in [0.25, 0.3) is 0 Å². The second-order valence-corrected chi connectivity index (χ2v) is 4.48. The van der Waals surface area contributed by atoms with E-state index in [1.54, 1.807) is 11.9 Å². The van der Waals surface area contributed by atoms with E-state index in [0.29, 0.717) is 6.04 Å². The van der Waals surface area contributed by atoms with Crippen LogP contribution in [0.1, 0.15) is 31.9 Å². The molecule has 4 heteroatoms. The highest BCUT2D eigenvalue weighted by molar-refractivity contribution is 5.89. The predicted octanol–water partition coefficient (Wildman–Crippen LogP) is 2.84. The van der Waals surface area contributed by atoms with Gasteiger partial charge in [-0.1, -0.05) is 19.1 Å². The van der Waals surface area contributed by atoms with Gasteiger partial charge in [-0.3, -0.25) is 0 Å². The maximum absolute atomic E-state index is 11.8. The van der Waals surface area contributed by atoms with E-state index in [4.69, 9.17) is 0 Å². The molecule has 2 amide bonds. The quantitative estimate of drug-likeness (QED) is 0.842. The van der Waals surface area contributed by atoms with Crippen LogP contribution in [-0.2, 0) is 0 Å². The molecule has 0 fully saturated rings. The predicted molar refractivity (Wildman–Crippen MR) is 75.9 cm³/mol. The van der Waals surface area contributed by atoms with Gasteiger partial charge in [0.15, 0.2) is 0 Å². The fourth-order valence-corrected chi connectivity index (χ4v) is 1.68. The molecule has 0 aliphatic carbocycles. The number of rotatable bonds is 5. The Balaban J connectivity index is 2.61. The maximum atomic E-state index is 11.8. The average molecular weight is 249 g/mol. The summed E-state index contributed by atoms with van der Waals surface area (Å²) in [5.74, 6) is 0.